The summed E-state index contributed by atoms with van der Waals surface area (Å²) in [5.74, 6) is 0.747. The first kappa shape index (κ1) is 14.1. The van der Waals surface area contributed by atoms with Crippen LogP contribution in [0.5, 0.6) is 0 Å². The third-order valence-electron chi connectivity index (χ3n) is 3.44. The lowest BCUT2D eigenvalue weighted by Gasteiger charge is -2.36. The molecule has 1 N–H and O–H groups in total. The largest absolute Gasteiger partial charge is 0.351 e. The molecular weight excluding hydrogens is 260 g/mol. The SMILES string of the molecule is CCCN(c1nccc(C#N)c1Cl)C1CCCNC1. The molecule has 4 nitrogen and oxygen atoms in total. The third kappa shape index (κ3) is 3.17. The highest BCUT2D eigenvalue weighted by Gasteiger charge is 2.24. The van der Waals surface area contributed by atoms with Gasteiger partial charge in [0.2, 0.25) is 0 Å². The number of piperidine rings is 1. The van der Waals surface area contributed by atoms with E-state index in [1.54, 1.807) is 12.3 Å². The Hall–Kier alpha value is -1.31. The van der Waals surface area contributed by atoms with Crippen LogP contribution in [0.3, 0.4) is 0 Å². The summed E-state index contributed by atoms with van der Waals surface area (Å²) < 4.78 is 0. The van der Waals surface area contributed by atoms with Crippen LogP contribution in [0.2, 0.25) is 5.02 Å². The minimum Gasteiger partial charge on any atom is -0.351 e. The molecule has 1 unspecified atom stereocenters. The summed E-state index contributed by atoms with van der Waals surface area (Å²) >= 11 is 6.31. The molecule has 0 amide bonds. The maximum Gasteiger partial charge on any atom is 0.149 e. The second kappa shape index (κ2) is 6.74. The molecule has 1 atom stereocenters. The maximum absolute atomic E-state index is 9.07. The van der Waals surface area contributed by atoms with Crippen molar-refractivity contribution in [2.75, 3.05) is 24.5 Å². The lowest BCUT2D eigenvalue weighted by molar-refractivity contribution is 0.429. The van der Waals surface area contributed by atoms with E-state index in [1.807, 2.05) is 0 Å². The van der Waals surface area contributed by atoms with Crippen LogP contribution < -0.4 is 10.2 Å². The van der Waals surface area contributed by atoms with Gasteiger partial charge in [-0.3, -0.25) is 0 Å². The zero-order valence-corrected chi connectivity index (χ0v) is 12.0. The van der Waals surface area contributed by atoms with Crippen LogP contribution in [0.25, 0.3) is 0 Å². The van der Waals surface area contributed by atoms with Crippen LogP contribution in [0.15, 0.2) is 12.3 Å². The highest BCUT2D eigenvalue weighted by Crippen LogP contribution is 2.29. The molecule has 0 aromatic carbocycles. The third-order valence-corrected chi connectivity index (χ3v) is 3.81. The van der Waals surface area contributed by atoms with Crippen molar-refractivity contribution in [3.05, 3.63) is 22.8 Å². The van der Waals surface area contributed by atoms with Crippen LogP contribution >= 0.6 is 11.6 Å². The first-order chi connectivity index (χ1) is 9.27. The van der Waals surface area contributed by atoms with Gasteiger partial charge in [0, 0.05) is 25.3 Å². The van der Waals surface area contributed by atoms with E-state index in [0.29, 0.717) is 16.6 Å². The van der Waals surface area contributed by atoms with Gasteiger partial charge in [-0.25, -0.2) is 4.98 Å². The highest BCUT2D eigenvalue weighted by atomic mass is 35.5. The number of aromatic nitrogens is 1. The van der Waals surface area contributed by atoms with Gasteiger partial charge in [0.15, 0.2) is 0 Å². The molecule has 0 spiro atoms. The molecule has 0 bridgehead atoms. The van der Waals surface area contributed by atoms with Gasteiger partial charge in [0.25, 0.3) is 0 Å². The van der Waals surface area contributed by atoms with Crippen molar-refractivity contribution in [1.82, 2.24) is 10.3 Å². The van der Waals surface area contributed by atoms with Crippen LogP contribution in [0.1, 0.15) is 31.7 Å². The highest BCUT2D eigenvalue weighted by molar-refractivity contribution is 6.34. The zero-order valence-electron chi connectivity index (χ0n) is 11.2. The number of anilines is 1. The number of pyridine rings is 1. The molecule has 0 radical (unpaired) electrons. The number of nitrogens with one attached hydrogen (secondary N) is 1. The Bertz CT molecular complexity index is 463. The van der Waals surface area contributed by atoms with Crippen molar-refractivity contribution in [2.45, 2.75) is 32.2 Å². The number of hydrogen-bond acceptors (Lipinski definition) is 4. The number of rotatable bonds is 4. The van der Waals surface area contributed by atoms with Crippen LogP contribution in [-0.4, -0.2) is 30.7 Å². The fourth-order valence-electron chi connectivity index (χ4n) is 2.52. The molecule has 2 rings (SSSR count). The average Bonchev–Trinajstić information content (AvgIpc) is 2.46. The second-order valence-corrected chi connectivity index (χ2v) is 5.18. The Balaban J connectivity index is 2.30. The molecule has 1 aliphatic heterocycles. The summed E-state index contributed by atoms with van der Waals surface area (Å²) in [5.41, 5.74) is 0.497. The fourth-order valence-corrected chi connectivity index (χ4v) is 2.78. The minimum absolute atomic E-state index is 0.410. The van der Waals surface area contributed by atoms with Crippen LogP contribution in [0.4, 0.5) is 5.82 Å². The fraction of sp³-hybridized carbons (Fsp3) is 0.571. The predicted octanol–water partition coefficient (Wildman–Crippen LogP) is 2.58. The van der Waals surface area contributed by atoms with E-state index in [9.17, 15) is 0 Å². The van der Waals surface area contributed by atoms with E-state index in [-0.39, 0.29) is 0 Å². The topological polar surface area (TPSA) is 52.0 Å². The molecule has 1 aliphatic rings. The normalized spacial score (nSPS) is 18.9. The van der Waals surface area contributed by atoms with E-state index in [2.05, 4.69) is 28.2 Å². The first-order valence-corrected chi connectivity index (χ1v) is 7.17. The van der Waals surface area contributed by atoms with E-state index in [1.165, 1.54) is 6.42 Å². The average molecular weight is 279 g/mol. The van der Waals surface area contributed by atoms with Crippen molar-refractivity contribution in [1.29, 1.82) is 5.26 Å². The second-order valence-electron chi connectivity index (χ2n) is 4.80. The summed E-state index contributed by atoms with van der Waals surface area (Å²) in [7, 11) is 0. The minimum atomic E-state index is 0.410. The predicted molar refractivity (Wildman–Crippen MR) is 77.5 cm³/mol. The Labute approximate surface area is 119 Å². The summed E-state index contributed by atoms with van der Waals surface area (Å²) in [4.78, 5) is 6.64. The van der Waals surface area contributed by atoms with Crippen molar-refractivity contribution >= 4 is 17.4 Å². The van der Waals surface area contributed by atoms with Crippen LogP contribution in [-0.2, 0) is 0 Å². The Kier molecular flexibility index (Phi) is 5.00. The van der Waals surface area contributed by atoms with E-state index < -0.39 is 0 Å². The molecular formula is C14H19ClN4. The quantitative estimate of drug-likeness (QED) is 0.920. The van der Waals surface area contributed by atoms with Gasteiger partial charge >= 0.3 is 0 Å². The van der Waals surface area contributed by atoms with Gasteiger partial charge in [0.1, 0.15) is 16.9 Å². The van der Waals surface area contributed by atoms with E-state index in [0.717, 1.165) is 38.3 Å². The van der Waals surface area contributed by atoms with Crippen molar-refractivity contribution in [2.24, 2.45) is 0 Å². The standard InChI is InChI=1S/C14H19ClN4/c1-2-8-19(12-4-3-6-17-10-12)14-13(15)11(9-16)5-7-18-14/h5,7,12,17H,2-4,6,8,10H2,1H3. The summed E-state index contributed by atoms with van der Waals surface area (Å²) in [5, 5.41) is 13.0. The Morgan fingerprint density at radius 2 is 2.47 bits per heavy atom. The zero-order chi connectivity index (χ0) is 13.7. The van der Waals surface area contributed by atoms with Gasteiger partial charge in [-0.05, 0) is 31.9 Å². The molecule has 1 aromatic heterocycles. The van der Waals surface area contributed by atoms with Crippen LogP contribution in [0, 0.1) is 11.3 Å². The van der Waals surface area contributed by atoms with Gasteiger partial charge in [-0.2, -0.15) is 5.26 Å². The molecule has 0 aliphatic carbocycles. The molecule has 2 heterocycles. The molecule has 19 heavy (non-hydrogen) atoms. The maximum atomic E-state index is 9.07. The summed E-state index contributed by atoms with van der Waals surface area (Å²) in [6.07, 6.45) is 5.01. The number of halogens is 1. The first-order valence-electron chi connectivity index (χ1n) is 6.80. The molecule has 102 valence electrons. The van der Waals surface area contributed by atoms with Crippen molar-refractivity contribution < 1.29 is 0 Å². The van der Waals surface area contributed by atoms with Gasteiger partial charge in [-0.15, -0.1) is 0 Å². The van der Waals surface area contributed by atoms with E-state index in [4.69, 9.17) is 16.9 Å². The Morgan fingerprint density at radius 3 is 3.11 bits per heavy atom. The lowest BCUT2D eigenvalue weighted by atomic mass is 10.1. The monoisotopic (exact) mass is 278 g/mol. The molecule has 1 fully saturated rings. The summed E-state index contributed by atoms with van der Waals surface area (Å²) in [6.45, 7) is 5.09. The smallest absolute Gasteiger partial charge is 0.149 e. The number of hydrogen-bond donors (Lipinski definition) is 1. The molecule has 5 heteroatoms. The van der Waals surface area contributed by atoms with Gasteiger partial charge in [0.05, 0.1) is 5.56 Å². The Morgan fingerprint density at radius 1 is 1.63 bits per heavy atom. The van der Waals surface area contributed by atoms with Crippen molar-refractivity contribution in [3.63, 3.8) is 0 Å². The van der Waals surface area contributed by atoms with Gasteiger partial charge < -0.3 is 10.2 Å². The molecule has 0 saturated carbocycles. The van der Waals surface area contributed by atoms with Gasteiger partial charge in [-0.1, -0.05) is 18.5 Å². The lowest BCUT2D eigenvalue weighted by Crippen LogP contribution is -2.47. The molecule has 1 aromatic rings. The number of nitriles is 1. The summed E-state index contributed by atoms with van der Waals surface area (Å²) in [6, 6.07) is 4.19. The molecule has 1 saturated heterocycles. The van der Waals surface area contributed by atoms with E-state index >= 15 is 0 Å². The number of nitrogens with zero attached hydrogens (tertiary/aromatic N) is 3. The van der Waals surface area contributed by atoms with Crippen molar-refractivity contribution in [3.8, 4) is 6.07 Å².